The lowest BCUT2D eigenvalue weighted by atomic mass is 10.2. The van der Waals surface area contributed by atoms with E-state index in [1.54, 1.807) is 0 Å². The van der Waals surface area contributed by atoms with E-state index in [4.69, 9.17) is 14.0 Å². The molecule has 0 aliphatic heterocycles. The van der Waals surface area contributed by atoms with E-state index in [-0.39, 0.29) is 23.0 Å². The summed E-state index contributed by atoms with van der Waals surface area (Å²) < 4.78 is 81.6. The highest BCUT2D eigenvalue weighted by Crippen LogP contribution is 2.34. The second kappa shape index (κ2) is 7.29. The number of hydrogen-bond acceptors (Lipinski definition) is 8. The summed E-state index contributed by atoms with van der Waals surface area (Å²) in [6, 6.07) is 6.18. The van der Waals surface area contributed by atoms with Crippen LogP contribution in [-0.2, 0) is 16.3 Å². The standard InChI is InChI=1S/C15H12F3N5O5S/c1-27-9-4-3-8(7-10(9)28-2)13-19-14(15(16,17)18)22-23(13)11-5-6-12(21-20-11)29(24,25)26/h3-7H,1-2H3,(H,24,25,26). The summed E-state index contributed by atoms with van der Waals surface area (Å²) in [5.41, 5.74) is 0.186. The summed E-state index contributed by atoms with van der Waals surface area (Å²) in [6.45, 7) is 0. The van der Waals surface area contributed by atoms with Crippen molar-refractivity contribution in [1.29, 1.82) is 0 Å². The Labute approximate surface area is 161 Å². The molecule has 1 aromatic carbocycles. The average Bonchev–Trinajstić information content (AvgIpc) is 3.12. The zero-order valence-electron chi connectivity index (χ0n) is 14.7. The summed E-state index contributed by atoms with van der Waals surface area (Å²) in [4.78, 5) is 3.53. The Balaban J connectivity index is 2.19. The second-order valence-corrected chi connectivity index (χ2v) is 6.81. The Morgan fingerprint density at radius 1 is 1.03 bits per heavy atom. The molecule has 0 atom stereocenters. The maximum Gasteiger partial charge on any atom is 0.453 e. The first kappa shape index (κ1) is 20.5. The lowest BCUT2D eigenvalue weighted by Gasteiger charge is -2.10. The average molecular weight is 431 g/mol. The van der Waals surface area contributed by atoms with Crippen LogP contribution in [0.1, 0.15) is 5.82 Å². The number of nitrogens with zero attached hydrogens (tertiary/aromatic N) is 5. The van der Waals surface area contributed by atoms with E-state index in [0.717, 1.165) is 16.8 Å². The van der Waals surface area contributed by atoms with Crippen LogP contribution in [0, 0.1) is 0 Å². The molecule has 1 N–H and O–H groups in total. The summed E-state index contributed by atoms with van der Waals surface area (Å²) in [7, 11) is -1.88. The number of aromatic nitrogens is 5. The third-order valence-corrected chi connectivity index (χ3v) is 4.36. The van der Waals surface area contributed by atoms with Gasteiger partial charge in [0.15, 0.2) is 23.1 Å². The highest BCUT2D eigenvalue weighted by molar-refractivity contribution is 7.85. The van der Waals surface area contributed by atoms with Crippen molar-refractivity contribution in [3.63, 3.8) is 0 Å². The third-order valence-electron chi connectivity index (χ3n) is 3.61. The van der Waals surface area contributed by atoms with Gasteiger partial charge in [0.2, 0.25) is 5.03 Å². The van der Waals surface area contributed by atoms with Crippen LogP contribution in [0.4, 0.5) is 13.2 Å². The molecule has 10 nitrogen and oxygen atoms in total. The predicted molar refractivity (Wildman–Crippen MR) is 90.3 cm³/mol. The smallest absolute Gasteiger partial charge is 0.453 e. The molecule has 0 bridgehead atoms. The Kier molecular flexibility index (Phi) is 5.15. The summed E-state index contributed by atoms with van der Waals surface area (Å²) in [5, 5.41) is 9.45. The molecule has 2 aromatic heterocycles. The molecular formula is C15H12F3N5O5S. The van der Waals surface area contributed by atoms with E-state index in [2.05, 4.69) is 20.3 Å². The Bertz CT molecular complexity index is 1150. The van der Waals surface area contributed by atoms with Crippen LogP contribution in [0.15, 0.2) is 35.4 Å². The van der Waals surface area contributed by atoms with Crippen molar-refractivity contribution in [3.8, 4) is 28.7 Å². The molecule has 0 aliphatic carbocycles. The first-order valence-corrected chi connectivity index (χ1v) is 9.07. The minimum atomic E-state index is -4.85. The van der Waals surface area contributed by atoms with Crippen LogP contribution in [0.5, 0.6) is 11.5 Å². The van der Waals surface area contributed by atoms with Gasteiger partial charge >= 0.3 is 16.3 Å². The van der Waals surface area contributed by atoms with Crippen LogP contribution in [0.25, 0.3) is 17.2 Å². The normalized spacial score (nSPS) is 12.1. The van der Waals surface area contributed by atoms with Crippen LogP contribution >= 0.6 is 0 Å². The Morgan fingerprint density at radius 2 is 1.72 bits per heavy atom. The molecular weight excluding hydrogens is 419 g/mol. The van der Waals surface area contributed by atoms with Crippen LogP contribution in [0.3, 0.4) is 0 Å². The number of halogens is 3. The lowest BCUT2D eigenvalue weighted by molar-refractivity contribution is -0.144. The van der Waals surface area contributed by atoms with E-state index in [1.165, 1.54) is 32.4 Å². The van der Waals surface area contributed by atoms with Crippen molar-refractivity contribution in [2.24, 2.45) is 0 Å². The van der Waals surface area contributed by atoms with E-state index < -0.39 is 27.1 Å². The number of alkyl halides is 3. The van der Waals surface area contributed by atoms with Crippen molar-refractivity contribution in [2.75, 3.05) is 14.2 Å². The van der Waals surface area contributed by atoms with Gasteiger partial charge in [0, 0.05) is 5.56 Å². The first-order valence-electron chi connectivity index (χ1n) is 7.63. The molecule has 154 valence electrons. The maximum absolute atomic E-state index is 13.2. The van der Waals surface area contributed by atoms with Gasteiger partial charge in [-0.05, 0) is 30.3 Å². The van der Waals surface area contributed by atoms with Gasteiger partial charge in [-0.1, -0.05) is 0 Å². The largest absolute Gasteiger partial charge is 0.493 e. The maximum atomic E-state index is 13.2. The molecule has 0 radical (unpaired) electrons. The van der Waals surface area contributed by atoms with Crippen molar-refractivity contribution >= 4 is 10.1 Å². The molecule has 0 saturated heterocycles. The quantitative estimate of drug-likeness (QED) is 0.603. The topological polar surface area (TPSA) is 129 Å². The van der Waals surface area contributed by atoms with Gasteiger partial charge in [-0.25, -0.2) is 4.98 Å². The summed E-state index contributed by atoms with van der Waals surface area (Å²) >= 11 is 0. The number of benzene rings is 1. The van der Waals surface area contributed by atoms with Crippen molar-refractivity contribution in [1.82, 2.24) is 25.0 Å². The minimum Gasteiger partial charge on any atom is -0.493 e. The highest BCUT2D eigenvalue weighted by Gasteiger charge is 2.37. The fraction of sp³-hybridized carbons (Fsp3) is 0.200. The van der Waals surface area contributed by atoms with Gasteiger partial charge < -0.3 is 9.47 Å². The van der Waals surface area contributed by atoms with Crippen molar-refractivity contribution in [3.05, 3.63) is 36.2 Å². The number of hydrogen-bond donors (Lipinski definition) is 1. The number of methoxy groups -OCH3 is 2. The van der Waals surface area contributed by atoms with Gasteiger partial charge in [0.25, 0.3) is 5.82 Å². The summed E-state index contributed by atoms with van der Waals surface area (Å²) in [5.74, 6) is -1.38. The molecule has 0 unspecified atom stereocenters. The van der Waals surface area contributed by atoms with E-state index in [1.807, 2.05) is 0 Å². The van der Waals surface area contributed by atoms with Crippen LogP contribution in [-0.4, -0.2) is 52.2 Å². The second-order valence-electron chi connectivity index (χ2n) is 5.44. The van der Waals surface area contributed by atoms with Gasteiger partial charge in [-0.3, -0.25) is 4.55 Å². The number of ether oxygens (including phenoxy) is 2. The van der Waals surface area contributed by atoms with E-state index >= 15 is 0 Å². The van der Waals surface area contributed by atoms with Crippen LogP contribution in [0.2, 0.25) is 0 Å². The SMILES string of the molecule is COc1ccc(-c2nc(C(F)(F)F)nn2-c2ccc(S(=O)(=O)O)nn2)cc1OC. The van der Waals surface area contributed by atoms with E-state index in [0.29, 0.717) is 5.75 Å². The number of rotatable bonds is 5. The Morgan fingerprint density at radius 3 is 2.24 bits per heavy atom. The first-order chi connectivity index (χ1) is 13.5. The fourth-order valence-corrected chi connectivity index (χ4v) is 2.70. The highest BCUT2D eigenvalue weighted by atomic mass is 32.2. The molecule has 0 fully saturated rings. The van der Waals surface area contributed by atoms with Crippen molar-refractivity contribution < 1.29 is 35.6 Å². The Hall–Kier alpha value is -3.26. The molecule has 0 amide bonds. The van der Waals surface area contributed by atoms with E-state index in [9.17, 15) is 21.6 Å². The minimum absolute atomic E-state index is 0.186. The molecule has 3 aromatic rings. The summed E-state index contributed by atoms with van der Waals surface area (Å²) in [6.07, 6.45) is -4.85. The fourth-order valence-electron chi connectivity index (χ4n) is 2.32. The molecule has 3 rings (SSSR count). The van der Waals surface area contributed by atoms with Crippen molar-refractivity contribution in [2.45, 2.75) is 11.2 Å². The zero-order chi connectivity index (χ0) is 21.4. The monoisotopic (exact) mass is 431 g/mol. The zero-order valence-corrected chi connectivity index (χ0v) is 15.6. The molecule has 0 spiro atoms. The van der Waals surface area contributed by atoms with Gasteiger partial charge in [-0.2, -0.15) is 26.3 Å². The predicted octanol–water partition coefficient (Wildman–Crippen LogP) is 2.01. The molecule has 29 heavy (non-hydrogen) atoms. The molecule has 0 saturated carbocycles. The molecule has 2 heterocycles. The molecule has 14 heteroatoms. The van der Waals surface area contributed by atoms with Gasteiger partial charge in [-0.15, -0.1) is 15.3 Å². The van der Waals surface area contributed by atoms with Gasteiger partial charge in [0.1, 0.15) is 0 Å². The molecule has 0 aliphatic rings. The van der Waals surface area contributed by atoms with Crippen LogP contribution < -0.4 is 9.47 Å². The van der Waals surface area contributed by atoms with Gasteiger partial charge in [0.05, 0.1) is 14.2 Å². The third kappa shape index (κ3) is 4.12. The lowest BCUT2D eigenvalue weighted by Crippen LogP contribution is -2.10.